The van der Waals surface area contributed by atoms with Gasteiger partial charge in [-0.15, -0.1) is 0 Å². The summed E-state index contributed by atoms with van der Waals surface area (Å²) >= 11 is 7.39. The fourth-order valence-electron chi connectivity index (χ4n) is 2.95. The molecule has 0 saturated heterocycles. The molecule has 1 amide bonds. The summed E-state index contributed by atoms with van der Waals surface area (Å²) in [4.78, 5) is 17.5. The van der Waals surface area contributed by atoms with Crippen molar-refractivity contribution in [2.75, 3.05) is 10.0 Å². The third kappa shape index (κ3) is 4.16. The molecular formula is C21H16ClN3O3S2. The summed E-state index contributed by atoms with van der Waals surface area (Å²) < 4.78 is 28.7. The number of fused-ring (bicyclic) bond motifs is 1. The minimum Gasteiger partial charge on any atom is -0.298 e. The van der Waals surface area contributed by atoms with E-state index in [1.165, 1.54) is 29.5 Å². The second-order valence-corrected chi connectivity index (χ2v) is 9.66. The summed E-state index contributed by atoms with van der Waals surface area (Å²) in [5, 5.41) is 3.75. The number of nitrogens with one attached hydrogen (secondary N) is 2. The van der Waals surface area contributed by atoms with Crippen LogP contribution in [0.1, 0.15) is 15.9 Å². The first-order valence-electron chi connectivity index (χ1n) is 8.88. The van der Waals surface area contributed by atoms with Gasteiger partial charge in [0.05, 0.1) is 26.4 Å². The smallest absolute Gasteiger partial charge is 0.261 e. The van der Waals surface area contributed by atoms with Gasteiger partial charge in [-0.1, -0.05) is 53.3 Å². The Kier molecular flexibility index (Phi) is 5.46. The van der Waals surface area contributed by atoms with E-state index < -0.39 is 15.9 Å². The number of carbonyl (C=O) groups is 1. The number of carbonyl (C=O) groups excluding carboxylic acids is 1. The van der Waals surface area contributed by atoms with Crippen LogP contribution in [0.4, 0.5) is 10.8 Å². The Morgan fingerprint density at radius 2 is 1.73 bits per heavy atom. The maximum atomic E-state index is 12.9. The Morgan fingerprint density at radius 1 is 1.03 bits per heavy atom. The second kappa shape index (κ2) is 8.06. The van der Waals surface area contributed by atoms with E-state index in [2.05, 4.69) is 15.0 Å². The third-order valence-corrected chi connectivity index (χ3v) is 6.86. The first-order valence-corrected chi connectivity index (χ1v) is 11.6. The Morgan fingerprint density at radius 3 is 2.50 bits per heavy atom. The molecule has 0 unspecified atom stereocenters. The molecule has 0 saturated carbocycles. The molecule has 0 fully saturated rings. The van der Waals surface area contributed by atoms with Crippen molar-refractivity contribution in [3.05, 3.63) is 82.9 Å². The van der Waals surface area contributed by atoms with E-state index >= 15 is 0 Å². The highest BCUT2D eigenvalue weighted by molar-refractivity contribution is 7.92. The van der Waals surface area contributed by atoms with E-state index in [4.69, 9.17) is 11.6 Å². The number of sulfonamides is 1. The zero-order chi connectivity index (χ0) is 21.3. The van der Waals surface area contributed by atoms with Crippen molar-refractivity contribution < 1.29 is 13.2 Å². The minimum atomic E-state index is -3.83. The topological polar surface area (TPSA) is 88.2 Å². The van der Waals surface area contributed by atoms with Gasteiger partial charge in [-0.05, 0) is 48.9 Å². The summed E-state index contributed by atoms with van der Waals surface area (Å²) in [6, 6.07) is 18.0. The molecule has 4 aromatic rings. The number of halogens is 1. The number of para-hydroxylation sites is 1. The van der Waals surface area contributed by atoms with Crippen LogP contribution in [0.2, 0.25) is 5.02 Å². The number of thiazole rings is 1. The van der Waals surface area contributed by atoms with Crippen LogP contribution in [0.25, 0.3) is 10.2 Å². The van der Waals surface area contributed by atoms with Crippen molar-refractivity contribution in [1.82, 2.24) is 4.98 Å². The predicted molar refractivity (Wildman–Crippen MR) is 121 cm³/mol. The molecule has 0 aliphatic rings. The summed E-state index contributed by atoms with van der Waals surface area (Å²) in [7, 11) is -3.83. The zero-order valence-corrected chi connectivity index (χ0v) is 18.1. The number of benzene rings is 3. The van der Waals surface area contributed by atoms with Gasteiger partial charge in [-0.25, -0.2) is 13.4 Å². The van der Waals surface area contributed by atoms with Gasteiger partial charge in [0.15, 0.2) is 5.13 Å². The van der Waals surface area contributed by atoms with Crippen molar-refractivity contribution in [2.24, 2.45) is 0 Å². The SMILES string of the molecule is Cc1cc(Cl)cc2sc(NC(=O)c3ccccc3NS(=O)(=O)c3ccccc3)nc12. The molecule has 2 N–H and O–H groups in total. The second-order valence-electron chi connectivity index (χ2n) is 6.51. The molecule has 0 aliphatic carbocycles. The molecule has 6 nitrogen and oxygen atoms in total. The van der Waals surface area contributed by atoms with Gasteiger partial charge in [0, 0.05) is 5.02 Å². The van der Waals surface area contributed by atoms with Gasteiger partial charge >= 0.3 is 0 Å². The van der Waals surface area contributed by atoms with Gasteiger partial charge in [0.25, 0.3) is 15.9 Å². The Labute approximate surface area is 182 Å². The van der Waals surface area contributed by atoms with Crippen molar-refractivity contribution in [3.63, 3.8) is 0 Å². The van der Waals surface area contributed by atoms with Gasteiger partial charge in [0.1, 0.15) is 0 Å². The Hall–Kier alpha value is -2.94. The van der Waals surface area contributed by atoms with Crippen LogP contribution in [-0.4, -0.2) is 19.3 Å². The van der Waals surface area contributed by atoms with Gasteiger partial charge in [-0.2, -0.15) is 0 Å². The fraction of sp³-hybridized carbons (Fsp3) is 0.0476. The summed E-state index contributed by atoms with van der Waals surface area (Å²) in [5.74, 6) is -0.468. The predicted octanol–water partition coefficient (Wildman–Crippen LogP) is 5.31. The van der Waals surface area contributed by atoms with Crippen LogP contribution in [0, 0.1) is 6.92 Å². The lowest BCUT2D eigenvalue weighted by molar-refractivity contribution is 0.102. The minimum absolute atomic E-state index is 0.110. The molecule has 152 valence electrons. The number of amides is 1. The van der Waals surface area contributed by atoms with Crippen molar-refractivity contribution in [1.29, 1.82) is 0 Å². The molecule has 0 atom stereocenters. The normalized spacial score (nSPS) is 11.4. The van der Waals surface area contributed by atoms with E-state index in [-0.39, 0.29) is 16.1 Å². The molecule has 9 heteroatoms. The van der Waals surface area contributed by atoms with Crippen molar-refractivity contribution in [2.45, 2.75) is 11.8 Å². The highest BCUT2D eigenvalue weighted by Gasteiger charge is 2.19. The number of hydrogen-bond acceptors (Lipinski definition) is 5. The molecule has 1 aromatic heterocycles. The molecule has 1 heterocycles. The lowest BCUT2D eigenvalue weighted by atomic mass is 10.2. The molecular weight excluding hydrogens is 442 g/mol. The number of anilines is 2. The summed E-state index contributed by atoms with van der Waals surface area (Å²) in [5.41, 5.74) is 2.04. The van der Waals surface area contributed by atoms with Crippen LogP contribution in [0.5, 0.6) is 0 Å². The molecule has 0 bridgehead atoms. The Bertz CT molecular complexity index is 1350. The van der Waals surface area contributed by atoms with Crippen molar-refractivity contribution >= 4 is 59.9 Å². The number of rotatable bonds is 5. The lowest BCUT2D eigenvalue weighted by Gasteiger charge is -2.12. The number of hydrogen-bond donors (Lipinski definition) is 2. The average Bonchev–Trinajstić information content (AvgIpc) is 3.11. The highest BCUT2D eigenvalue weighted by atomic mass is 35.5. The molecule has 4 rings (SSSR count). The van der Waals surface area contributed by atoms with Gasteiger partial charge < -0.3 is 0 Å². The van der Waals surface area contributed by atoms with Crippen LogP contribution in [-0.2, 0) is 10.0 Å². The van der Waals surface area contributed by atoms with E-state index in [9.17, 15) is 13.2 Å². The zero-order valence-electron chi connectivity index (χ0n) is 15.7. The largest absolute Gasteiger partial charge is 0.298 e. The van der Waals surface area contributed by atoms with E-state index in [0.717, 1.165) is 15.8 Å². The van der Waals surface area contributed by atoms with Crippen LogP contribution >= 0.6 is 22.9 Å². The Balaban J connectivity index is 1.62. The van der Waals surface area contributed by atoms with E-state index in [0.29, 0.717) is 10.2 Å². The fourth-order valence-corrected chi connectivity index (χ4v) is 5.36. The maximum Gasteiger partial charge on any atom is 0.261 e. The number of aryl methyl sites for hydroxylation is 1. The first kappa shape index (κ1) is 20.3. The van der Waals surface area contributed by atoms with Crippen LogP contribution in [0.15, 0.2) is 71.6 Å². The maximum absolute atomic E-state index is 12.9. The molecule has 3 aromatic carbocycles. The number of aromatic nitrogens is 1. The quantitative estimate of drug-likeness (QED) is 0.425. The molecule has 0 spiro atoms. The highest BCUT2D eigenvalue weighted by Crippen LogP contribution is 2.31. The molecule has 0 aliphatic heterocycles. The summed E-state index contributed by atoms with van der Waals surface area (Å²) in [6.45, 7) is 1.90. The number of nitrogens with zero attached hydrogens (tertiary/aromatic N) is 1. The van der Waals surface area contributed by atoms with Gasteiger partial charge in [0.2, 0.25) is 0 Å². The lowest BCUT2D eigenvalue weighted by Crippen LogP contribution is -2.18. The van der Waals surface area contributed by atoms with Gasteiger partial charge in [-0.3, -0.25) is 14.8 Å². The van der Waals surface area contributed by atoms with E-state index in [1.807, 2.05) is 13.0 Å². The van der Waals surface area contributed by atoms with Crippen LogP contribution < -0.4 is 10.0 Å². The molecule has 0 radical (unpaired) electrons. The standard InChI is InChI=1S/C21H16ClN3O3S2/c1-13-11-14(22)12-18-19(13)23-21(29-18)24-20(26)16-9-5-6-10-17(16)25-30(27,28)15-7-3-2-4-8-15/h2-12,25H,1H3,(H,23,24,26). The molecule has 30 heavy (non-hydrogen) atoms. The summed E-state index contributed by atoms with van der Waals surface area (Å²) in [6.07, 6.45) is 0. The average molecular weight is 458 g/mol. The first-order chi connectivity index (χ1) is 14.3. The monoisotopic (exact) mass is 457 g/mol. The van der Waals surface area contributed by atoms with Crippen molar-refractivity contribution in [3.8, 4) is 0 Å². The third-order valence-electron chi connectivity index (χ3n) is 4.34. The van der Waals surface area contributed by atoms with E-state index in [1.54, 1.807) is 42.5 Å². The van der Waals surface area contributed by atoms with Crippen LogP contribution in [0.3, 0.4) is 0 Å².